The van der Waals surface area contributed by atoms with Crippen LogP contribution in [0.5, 0.6) is 0 Å². The van der Waals surface area contributed by atoms with Gasteiger partial charge < -0.3 is 11.1 Å². The van der Waals surface area contributed by atoms with Gasteiger partial charge in [-0.2, -0.15) is 0 Å². The first kappa shape index (κ1) is 13.0. The number of thiophene rings is 1. The lowest BCUT2D eigenvalue weighted by Crippen LogP contribution is -2.14. The van der Waals surface area contributed by atoms with Gasteiger partial charge in [0.25, 0.3) is 0 Å². The van der Waals surface area contributed by atoms with E-state index in [1.54, 1.807) is 17.4 Å². The fraction of sp³-hybridized carbons (Fsp3) is 0.154. The molecule has 0 bridgehead atoms. The van der Waals surface area contributed by atoms with Crippen molar-refractivity contribution in [3.05, 3.63) is 41.3 Å². The average molecular weight is 278 g/mol. The van der Waals surface area contributed by atoms with E-state index in [1.807, 2.05) is 36.6 Å². The molecule has 18 heavy (non-hydrogen) atoms. The van der Waals surface area contributed by atoms with Gasteiger partial charge in [0.2, 0.25) is 5.91 Å². The van der Waals surface area contributed by atoms with Crippen LogP contribution in [0.25, 0.3) is 0 Å². The zero-order valence-electron chi connectivity index (χ0n) is 9.97. The van der Waals surface area contributed by atoms with Gasteiger partial charge in [-0.3, -0.25) is 4.79 Å². The molecule has 0 atom stereocenters. The van der Waals surface area contributed by atoms with Crippen molar-refractivity contribution in [1.29, 1.82) is 0 Å². The Bertz CT molecular complexity index is 538. The Kier molecular flexibility index (Phi) is 4.28. The number of nitrogen functional groups attached to an aromatic ring is 1. The minimum Gasteiger partial charge on any atom is -0.399 e. The van der Waals surface area contributed by atoms with Gasteiger partial charge in [0.15, 0.2) is 0 Å². The molecule has 3 nitrogen and oxygen atoms in total. The largest absolute Gasteiger partial charge is 0.399 e. The van der Waals surface area contributed by atoms with Crippen molar-refractivity contribution >= 4 is 40.4 Å². The molecule has 1 aromatic carbocycles. The summed E-state index contributed by atoms with van der Waals surface area (Å²) >= 11 is 3.18. The second-order valence-corrected chi connectivity index (χ2v) is 6.07. The standard InChI is InChI=1S/C13H14N2OS2/c1-9-4-5-10(14)7-11(9)15-12(16)8-18-13-3-2-6-17-13/h2-7H,8,14H2,1H3,(H,15,16). The molecule has 3 N–H and O–H groups in total. The molecule has 2 aromatic rings. The van der Waals surface area contributed by atoms with E-state index < -0.39 is 0 Å². The van der Waals surface area contributed by atoms with Crippen molar-refractivity contribution in [2.24, 2.45) is 0 Å². The maximum absolute atomic E-state index is 11.8. The zero-order valence-corrected chi connectivity index (χ0v) is 11.6. The van der Waals surface area contributed by atoms with Gasteiger partial charge in [-0.25, -0.2) is 0 Å². The van der Waals surface area contributed by atoms with E-state index in [2.05, 4.69) is 5.32 Å². The van der Waals surface area contributed by atoms with E-state index in [0.29, 0.717) is 11.4 Å². The highest BCUT2D eigenvalue weighted by atomic mass is 32.2. The second kappa shape index (κ2) is 5.93. The Morgan fingerprint density at radius 2 is 2.28 bits per heavy atom. The van der Waals surface area contributed by atoms with Crippen molar-refractivity contribution in [1.82, 2.24) is 0 Å². The molecular weight excluding hydrogens is 264 g/mol. The number of carbonyl (C=O) groups excluding carboxylic acids is 1. The lowest BCUT2D eigenvalue weighted by molar-refractivity contribution is -0.113. The monoisotopic (exact) mass is 278 g/mol. The van der Waals surface area contributed by atoms with Gasteiger partial charge in [0.1, 0.15) is 0 Å². The topological polar surface area (TPSA) is 55.1 Å². The molecule has 0 unspecified atom stereocenters. The van der Waals surface area contributed by atoms with E-state index in [0.717, 1.165) is 15.5 Å². The van der Waals surface area contributed by atoms with Gasteiger partial charge in [-0.1, -0.05) is 12.1 Å². The van der Waals surface area contributed by atoms with E-state index in [9.17, 15) is 4.79 Å². The van der Waals surface area contributed by atoms with Crippen molar-refractivity contribution in [3.8, 4) is 0 Å². The summed E-state index contributed by atoms with van der Waals surface area (Å²) in [6, 6.07) is 9.49. The summed E-state index contributed by atoms with van der Waals surface area (Å²) in [5.41, 5.74) is 8.15. The fourth-order valence-corrected chi connectivity index (χ4v) is 3.03. The van der Waals surface area contributed by atoms with Crippen molar-refractivity contribution in [2.75, 3.05) is 16.8 Å². The van der Waals surface area contributed by atoms with Gasteiger partial charge in [-0.15, -0.1) is 23.1 Å². The summed E-state index contributed by atoms with van der Waals surface area (Å²) in [7, 11) is 0. The molecule has 94 valence electrons. The third-order valence-electron chi connectivity index (χ3n) is 2.38. The first-order chi connectivity index (χ1) is 8.65. The Labute approximate surface area is 114 Å². The molecule has 2 rings (SSSR count). The highest BCUT2D eigenvalue weighted by Gasteiger charge is 2.06. The number of nitrogens with one attached hydrogen (secondary N) is 1. The minimum atomic E-state index is -0.0119. The summed E-state index contributed by atoms with van der Waals surface area (Å²) in [4.78, 5) is 11.8. The van der Waals surface area contributed by atoms with E-state index >= 15 is 0 Å². The van der Waals surface area contributed by atoms with Crippen molar-refractivity contribution < 1.29 is 4.79 Å². The lowest BCUT2D eigenvalue weighted by atomic mass is 10.2. The zero-order chi connectivity index (χ0) is 13.0. The van der Waals surface area contributed by atoms with Gasteiger partial charge in [-0.05, 0) is 36.1 Å². The van der Waals surface area contributed by atoms with E-state index in [4.69, 9.17) is 5.73 Å². The van der Waals surface area contributed by atoms with Crippen LogP contribution >= 0.6 is 23.1 Å². The molecule has 1 aromatic heterocycles. The Morgan fingerprint density at radius 3 is 3.00 bits per heavy atom. The Morgan fingerprint density at radius 1 is 1.44 bits per heavy atom. The number of carbonyl (C=O) groups is 1. The summed E-state index contributed by atoms with van der Waals surface area (Å²) in [6.45, 7) is 1.95. The fourth-order valence-electron chi connectivity index (χ4n) is 1.44. The van der Waals surface area contributed by atoms with E-state index in [-0.39, 0.29) is 5.91 Å². The quantitative estimate of drug-likeness (QED) is 0.666. The number of benzene rings is 1. The molecule has 0 aliphatic carbocycles. The number of hydrogen-bond donors (Lipinski definition) is 2. The molecule has 0 fully saturated rings. The van der Waals surface area contributed by atoms with Crippen LogP contribution in [0.15, 0.2) is 39.9 Å². The Hall–Kier alpha value is -1.46. The number of aryl methyl sites for hydroxylation is 1. The maximum atomic E-state index is 11.8. The first-order valence-electron chi connectivity index (χ1n) is 5.47. The van der Waals surface area contributed by atoms with Crippen molar-refractivity contribution in [3.63, 3.8) is 0 Å². The normalized spacial score (nSPS) is 10.3. The minimum absolute atomic E-state index is 0.0119. The molecule has 5 heteroatoms. The highest BCUT2D eigenvalue weighted by molar-refractivity contribution is 8.01. The number of anilines is 2. The predicted octanol–water partition coefficient (Wildman–Crippen LogP) is 3.37. The second-order valence-electron chi connectivity index (χ2n) is 3.84. The maximum Gasteiger partial charge on any atom is 0.234 e. The van der Waals surface area contributed by atoms with Gasteiger partial charge >= 0.3 is 0 Å². The molecule has 1 amide bonds. The van der Waals surface area contributed by atoms with Crippen LogP contribution in [0, 0.1) is 6.92 Å². The number of hydrogen-bond acceptors (Lipinski definition) is 4. The van der Waals surface area contributed by atoms with Crippen LogP contribution in [0.4, 0.5) is 11.4 Å². The average Bonchev–Trinajstić information content (AvgIpc) is 2.84. The highest BCUT2D eigenvalue weighted by Crippen LogP contribution is 2.24. The van der Waals surface area contributed by atoms with Gasteiger partial charge in [0, 0.05) is 11.4 Å². The van der Waals surface area contributed by atoms with Crippen LogP contribution in [0.2, 0.25) is 0 Å². The molecular formula is C13H14N2OS2. The third kappa shape index (κ3) is 3.51. The summed E-state index contributed by atoms with van der Waals surface area (Å²) in [6.07, 6.45) is 0. The van der Waals surface area contributed by atoms with Crippen LogP contribution in [-0.2, 0) is 4.79 Å². The molecule has 1 heterocycles. The van der Waals surface area contributed by atoms with E-state index in [1.165, 1.54) is 11.8 Å². The molecule has 0 saturated heterocycles. The van der Waals surface area contributed by atoms with Crippen LogP contribution in [0.1, 0.15) is 5.56 Å². The molecule has 0 saturated carbocycles. The van der Waals surface area contributed by atoms with Crippen LogP contribution in [0.3, 0.4) is 0 Å². The van der Waals surface area contributed by atoms with Gasteiger partial charge in [0.05, 0.1) is 9.96 Å². The number of rotatable bonds is 4. The predicted molar refractivity (Wildman–Crippen MR) is 79.3 cm³/mol. The van der Waals surface area contributed by atoms with Crippen LogP contribution < -0.4 is 11.1 Å². The summed E-state index contributed by atoms with van der Waals surface area (Å²) < 4.78 is 1.15. The van der Waals surface area contributed by atoms with Crippen molar-refractivity contribution in [2.45, 2.75) is 11.1 Å². The van der Waals surface area contributed by atoms with Crippen LogP contribution in [-0.4, -0.2) is 11.7 Å². The smallest absolute Gasteiger partial charge is 0.234 e. The number of amides is 1. The number of thioether (sulfide) groups is 1. The summed E-state index contributed by atoms with van der Waals surface area (Å²) in [5.74, 6) is 0.400. The molecule has 0 spiro atoms. The number of nitrogens with two attached hydrogens (primary N) is 1. The first-order valence-corrected chi connectivity index (χ1v) is 7.34. The molecule has 0 aliphatic rings. The molecule has 0 radical (unpaired) electrons. The summed E-state index contributed by atoms with van der Waals surface area (Å²) in [5, 5.41) is 4.88. The lowest BCUT2D eigenvalue weighted by Gasteiger charge is -2.08. The Balaban J connectivity index is 1.92. The molecule has 0 aliphatic heterocycles. The third-order valence-corrected chi connectivity index (χ3v) is 4.51. The SMILES string of the molecule is Cc1ccc(N)cc1NC(=O)CSc1cccs1.